The van der Waals surface area contributed by atoms with Crippen molar-refractivity contribution in [2.75, 3.05) is 17.3 Å². The van der Waals surface area contributed by atoms with Gasteiger partial charge in [0, 0.05) is 13.6 Å². The van der Waals surface area contributed by atoms with Crippen molar-refractivity contribution in [3.8, 4) is 0 Å². The largest absolute Gasteiger partial charge is 0.369 e. The molecular formula is C22H23N3O. The first-order valence-corrected chi connectivity index (χ1v) is 8.67. The van der Waals surface area contributed by atoms with E-state index in [4.69, 9.17) is 0 Å². The Morgan fingerprint density at radius 3 is 2.42 bits per heavy atom. The molecule has 0 bridgehead atoms. The van der Waals surface area contributed by atoms with Crippen LogP contribution in [0.4, 0.5) is 11.5 Å². The fourth-order valence-electron chi connectivity index (χ4n) is 2.80. The van der Waals surface area contributed by atoms with E-state index in [1.807, 2.05) is 68.6 Å². The summed E-state index contributed by atoms with van der Waals surface area (Å²) in [6.07, 6.45) is 2.14. The summed E-state index contributed by atoms with van der Waals surface area (Å²) in [5.41, 5.74) is 4.40. The first-order chi connectivity index (χ1) is 12.6. The second-order valence-corrected chi connectivity index (χ2v) is 6.39. The Hall–Kier alpha value is -3.14. The SMILES string of the molecule is Cc1ccccc1CC(=O)Nc1ccc(N(C)Cc2ccccc2)cn1. The number of amides is 1. The molecule has 1 aromatic heterocycles. The molecule has 1 N–H and O–H groups in total. The molecule has 0 aliphatic carbocycles. The van der Waals surface area contributed by atoms with Crippen molar-refractivity contribution in [1.29, 1.82) is 0 Å². The van der Waals surface area contributed by atoms with E-state index in [1.54, 1.807) is 6.20 Å². The van der Waals surface area contributed by atoms with Crippen molar-refractivity contribution in [3.05, 3.63) is 89.6 Å². The maximum absolute atomic E-state index is 12.2. The van der Waals surface area contributed by atoms with Crippen LogP contribution in [0.2, 0.25) is 0 Å². The Kier molecular flexibility index (Phi) is 5.64. The number of rotatable bonds is 6. The van der Waals surface area contributed by atoms with Crippen LogP contribution >= 0.6 is 0 Å². The van der Waals surface area contributed by atoms with E-state index in [0.29, 0.717) is 12.2 Å². The highest BCUT2D eigenvalue weighted by Crippen LogP contribution is 2.17. The number of anilines is 2. The summed E-state index contributed by atoms with van der Waals surface area (Å²) >= 11 is 0. The minimum absolute atomic E-state index is 0.0582. The zero-order valence-corrected chi connectivity index (χ0v) is 15.1. The molecule has 0 aliphatic rings. The van der Waals surface area contributed by atoms with Crippen LogP contribution < -0.4 is 10.2 Å². The van der Waals surface area contributed by atoms with Crippen LogP contribution in [0.5, 0.6) is 0 Å². The van der Waals surface area contributed by atoms with E-state index in [9.17, 15) is 4.79 Å². The van der Waals surface area contributed by atoms with Crippen molar-refractivity contribution in [2.24, 2.45) is 0 Å². The van der Waals surface area contributed by atoms with Gasteiger partial charge in [0.05, 0.1) is 18.3 Å². The molecule has 0 spiro atoms. The van der Waals surface area contributed by atoms with Crippen molar-refractivity contribution >= 4 is 17.4 Å². The highest BCUT2D eigenvalue weighted by molar-refractivity contribution is 5.91. The summed E-state index contributed by atoms with van der Waals surface area (Å²) in [4.78, 5) is 18.7. The summed E-state index contributed by atoms with van der Waals surface area (Å²) < 4.78 is 0. The van der Waals surface area contributed by atoms with E-state index in [2.05, 4.69) is 27.3 Å². The van der Waals surface area contributed by atoms with Crippen LogP contribution in [0.1, 0.15) is 16.7 Å². The number of aryl methyl sites for hydroxylation is 1. The molecule has 4 nitrogen and oxygen atoms in total. The lowest BCUT2D eigenvalue weighted by atomic mass is 10.1. The average molecular weight is 345 g/mol. The van der Waals surface area contributed by atoms with Crippen LogP contribution in [0, 0.1) is 6.92 Å². The van der Waals surface area contributed by atoms with E-state index in [0.717, 1.165) is 23.4 Å². The monoisotopic (exact) mass is 345 g/mol. The fourth-order valence-corrected chi connectivity index (χ4v) is 2.80. The molecule has 1 heterocycles. The van der Waals surface area contributed by atoms with Gasteiger partial charge in [0.25, 0.3) is 0 Å². The molecule has 4 heteroatoms. The van der Waals surface area contributed by atoms with Gasteiger partial charge in [-0.25, -0.2) is 4.98 Å². The van der Waals surface area contributed by atoms with Gasteiger partial charge in [0.1, 0.15) is 5.82 Å². The molecule has 0 radical (unpaired) electrons. The number of aromatic nitrogens is 1. The molecule has 0 unspecified atom stereocenters. The van der Waals surface area contributed by atoms with E-state index in [-0.39, 0.29) is 5.91 Å². The Morgan fingerprint density at radius 1 is 1.00 bits per heavy atom. The maximum Gasteiger partial charge on any atom is 0.229 e. The maximum atomic E-state index is 12.2. The van der Waals surface area contributed by atoms with E-state index in [1.165, 1.54) is 5.56 Å². The van der Waals surface area contributed by atoms with Crippen molar-refractivity contribution in [2.45, 2.75) is 19.9 Å². The van der Waals surface area contributed by atoms with Crippen molar-refractivity contribution < 1.29 is 4.79 Å². The van der Waals surface area contributed by atoms with Gasteiger partial charge in [-0.2, -0.15) is 0 Å². The molecule has 0 fully saturated rings. The number of pyridine rings is 1. The summed E-state index contributed by atoms with van der Waals surface area (Å²) in [6, 6.07) is 22.0. The summed E-state index contributed by atoms with van der Waals surface area (Å²) in [6.45, 7) is 2.82. The predicted octanol–water partition coefficient (Wildman–Crippen LogP) is 4.21. The zero-order chi connectivity index (χ0) is 18.4. The molecule has 3 aromatic rings. The molecule has 2 aromatic carbocycles. The van der Waals surface area contributed by atoms with Gasteiger partial charge in [0.2, 0.25) is 5.91 Å². The molecule has 132 valence electrons. The van der Waals surface area contributed by atoms with Crippen LogP contribution in [-0.2, 0) is 17.8 Å². The standard InChI is InChI=1S/C22H23N3O/c1-17-8-6-7-11-19(17)14-22(26)24-21-13-12-20(15-23-21)25(2)16-18-9-4-3-5-10-18/h3-13,15H,14,16H2,1-2H3,(H,23,24,26). The minimum atomic E-state index is -0.0582. The van der Waals surface area contributed by atoms with E-state index < -0.39 is 0 Å². The number of benzene rings is 2. The topological polar surface area (TPSA) is 45.2 Å². The number of hydrogen-bond acceptors (Lipinski definition) is 3. The second kappa shape index (κ2) is 8.30. The summed E-state index contributed by atoms with van der Waals surface area (Å²) in [5.74, 6) is 0.512. The molecule has 26 heavy (non-hydrogen) atoms. The Labute approximate surface area is 154 Å². The second-order valence-electron chi connectivity index (χ2n) is 6.39. The molecule has 0 saturated heterocycles. The average Bonchev–Trinajstić information content (AvgIpc) is 2.65. The quantitative estimate of drug-likeness (QED) is 0.728. The Balaban J connectivity index is 1.59. The Bertz CT molecular complexity index is 860. The summed E-state index contributed by atoms with van der Waals surface area (Å²) in [5, 5.41) is 2.86. The first-order valence-electron chi connectivity index (χ1n) is 8.67. The van der Waals surface area contributed by atoms with Gasteiger partial charge >= 0.3 is 0 Å². The number of nitrogens with one attached hydrogen (secondary N) is 1. The molecular weight excluding hydrogens is 322 g/mol. The van der Waals surface area contributed by atoms with Crippen LogP contribution in [0.3, 0.4) is 0 Å². The van der Waals surface area contributed by atoms with Gasteiger partial charge in [0.15, 0.2) is 0 Å². The summed E-state index contributed by atoms with van der Waals surface area (Å²) in [7, 11) is 2.03. The lowest BCUT2D eigenvalue weighted by Gasteiger charge is -2.19. The smallest absolute Gasteiger partial charge is 0.229 e. The zero-order valence-electron chi connectivity index (χ0n) is 15.1. The van der Waals surface area contributed by atoms with Crippen LogP contribution in [-0.4, -0.2) is 17.9 Å². The van der Waals surface area contributed by atoms with Gasteiger partial charge in [-0.1, -0.05) is 54.6 Å². The van der Waals surface area contributed by atoms with Crippen LogP contribution in [0.15, 0.2) is 72.9 Å². The predicted molar refractivity (Wildman–Crippen MR) is 106 cm³/mol. The van der Waals surface area contributed by atoms with Gasteiger partial charge in [-0.3, -0.25) is 4.79 Å². The van der Waals surface area contributed by atoms with Crippen molar-refractivity contribution in [1.82, 2.24) is 4.98 Å². The normalized spacial score (nSPS) is 10.4. The molecule has 0 atom stereocenters. The fraction of sp³-hybridized carbons (Fsp3) is 0.182. The molecule has 1 amide bonds. The number of nitrogens with zero attached hydrogens (tertiary/aromatic N) is 2. The number of hydrogen-bond donors (Lipinski definition) is 1. The van der Waals surface area contributed by atoms with Crippen molar-refractivity contribution in [3.63, 3.8) is 0 Å². The molecule has 3 rings (SSSR count). The van der Waals surface area contributed by atoms with Gasteiger partial charge in [-0.15, -0.1) is 0 Å². The van der Waals surface area contributed by atoms with Gasteiger partial charge < -0.3 is 10.2 Å². The highest BCUT2D eigenvalue weighted by atomic mass is 16.1. The third-order valence-corrected chi connectivity index (χ3v) is 4.33. The number of carbonyl (C=O) groups excluding carboxylic acids is 1. The molecule has 0 saturated carbocycles. The lowest BCUT2D eigenvalue weighted by molar-refractivity contribution is -0.115. The number of carbonyl (C=O) groups is 1. The third-order valence-electron chi connectivity index (χ3n) is 4.33. The van der Waals surface area contributed by atoms with Crippen LogP contribution in [0.25, 0.3) is 0 Å². The first kappa shape index (κ1) is 17.7. The Morgan fingerprint density at radius 2 is 1.73 bits per heavy atom. The molecule has 0 aliphatic heterocycles. The lowest BCUT2D eigenvalue weighted by Crippen LogP contribution is -2.18. The third kappa shape index (κ3) is 4.70. The highest BCUT2D eigenvalue weighted by Gasteiger charge is 2.08. The van der Waals surface area contributed by atoms with Gasteiger partial charge in [-0.05, 0) is 35.7 Å². The minimum Gasteiger partial charge on any atom is -0.369 e. The van der Waals surface area contributed by atoms with E-state index >= 15 is 0 Å².